The first-order valence-electron chi connectivity index (χ1n) is 4.28. The Kier molecular flexibility index (Phi) is 2.24. The third-order valence-electron chi connectivity index (χ3n) is 2.05. The maximum atomic E-state index is 12.6. The first kappa shape index (κ1) is 10.1. The Morgan fingerprint density at radius 1 is 1.33 bits per heavy atom. The summed E-state index contributed by atoms with van der Waals surface area (Å²) in [7, 11) is 0. The van der Waals surface area contributed by atoms with E-state index < -0.39 is 12.3 Å². The van der Waals surface area contributed by atoms with E-state index in [2.05, 4.69) is 9.47 Å². The van der Waals surface area contributed by atoms with E-state index in [1.807, 2.05) is 0 Å². The quantitative estimate of drug-likeness (QED) is 0.775. The molecule has 0 aliphatic carbocycles. The van der Waals surface area contributed by atoms with Gasteiger partial charge in [-0.15, -0.1) is 8.78 Å². The summed E-state index contributed by atoms with van der Waals surface area (Å²) in [6, 6.07) is 3.55. The zero-order valence-corrected chi connectivity index (χ0v) is 7.61. The predicted molar refractivity (Wildman–Crippen MR) is 46.7 cm³/mol. The molecule has 0 bridgehead atoms. The van der Waals surface area contributed by atoms with Gasteiger partial charge in [0.2, 0.25) is 0 Å². The van der Waals surface area contributed by atoms with Crippen molar-refractivity contribution in [3.05, 3.63) is 23.8 Å². The van der Waals surface area contributed by atoms with Crippen LogP contribution in [0.3, 0.4) is 0 Å². The minimum atomic E-state index is -3.62. The van der Waals surface area contributed by atoms with Crippen LogP contribution in [-0.4, -0.2) is 18.0 Å². The number of rotatable bonds is 2. The van der Waals surface area contributed by atoms with E-state index >= 15 is 0 Å². The Balaban J connectivity index is 2.30. The number of benzene rings is 1. The van der Waals surface area contributed by atoms with Gasteiger partial charge in [-0.1, -0.05) is 6.07 Å². The molecule has 1 aliphatic rings. The van der Waals surface area contributed by atoms with Gasteiger partial charge in [0, 0.05) is 0 Å². The van der Waals surface area contributed by atoms with Crippen molar-refractivity contribution >= 4 is 0 Å². The third-order valence-corrected chi connectivity index (χ3v) is 2.05. The van der Waals surface area contributed by atoms with Crippen LogP contribution < -0.4 is 15.2 Å². The van der Waals surface area contributed by atoms with Gasteiger partial charge in [0.1, 0.15) is 0 Å². The van der Waals surface area contributed by atoms with E-state index in [-0.39, 0.29) is 18.1 Å². The average Bonchev–Trinajstić information content (AvgIpc) is 2.49. The molecular formula is C9H9F2NO3. The number of aliphatic hydroxyl groups excluding tert-OH is 1. The smallest absolute Gasteiger partial charge is 0.395 e. The summed E-state index contributed by atoms with van der Waals surface area (Å²) in [6.45, 7) is -0.268. The zero-order valence-electron chi connectivity index (χ0n) is 7.61. The van der Waals surface area contributed by atoms with Crippen LogP contribution >= 0.6 is 0 Å². The Hall–Kier alpha value is -1.40. The number of ether oxygens (including phenoxy) is 2. The van der Waals surface area contributed by atoms with Crippen LogP contribution in [0.4, 0.5) is 8.78 Å². The van der Waals surface area contributed by atoms with Gasteiger partial charge in [-0.05, 0) is 17.7 Å². The van der Waals surface area contributed by atoms with Crippen LogP contribution in [0.5, 0.6) is 11.5 Å². The topological polar surface area (TPSA) is 64.7 Å². The number of hydrogen-bond acceptors (Lipinski definition) is 4. The summed E-state index contributed by atoms with van der Waals surface area (Å²) in [5, 5.41) is 8.79. The minimum absolute atomic E-state index is 0.0334. The van der Waals surface area contributed by atoms with Crippen LogP contribution in [0.25, 0.3) is 0 Å². The number of nitrogens with two attached hydrogens (primary N) is 1. The second kappa shape index (κ2) is 3.32. The van der Waals surface area contributed by atoms with E-state index in [1.165, 1.54) is 18.2 Å². The zero-order chi connectivity index (χ0) is 11.1. The van der Waals surface area contributed by atoms with E-state index in [0.29, 0.717) is 5.56 Å². The molecule has 82 valence electrons. The second-order valence-corrected chi connectivity index (χ2v) is 3.16. The molecule has 1 heterocycles. The molecule has 0 amide bonds. The van der Waals surface area contributed by atoms with Crippen LogP contribution in [0.2, 0.25) is 0 Å². The van der Waals surface area contributed by atoms with E-state index in [0.717, 1.165) is 0 Å². The molecule has 6 heteroatoms. The van der Waals surface area contributed by atoms with Crippen molar-refractivity contribution in [2.24, 2.45) is 5.73 Å². The fraction of sp³-hybridized carbons (Fsp3) is 0.333. The van der Waals surface area contributed by atoms with Crippen molar-refractivity contribution in [3.8, 4) is 11.5 Å². The summed E-state index contributed by atoms with van der Waals surface area (Å²) in [5.41, 5.74) is 6.03. The lowest BCUT2D eigenvalue weighted by Crippen LogP contribution is -2.25. The summed E-state index contributed by atoms with van der Waals surface area (Å²) in [5.74, 6) is -0.102. The lowest BCUT2D eigenvalue weighted by Gasteiger charge is -2.08. The molecule has 1 aliphatic heterocycles. The average molecular weight is 217 g/mol. The molecule has 0 saturated heterocycles. The molecule has 2 rings (SSSR count). The van der Waals surface area contributed by atoms with Gasteiger partial charge in [-0.3, -0.25) is 0 Å². The molecule has 1 aromatic carbocycles. The van der Waals surface area contributed by atoms with Gasteiger partial charge in [0.25, 0.3) is 0 Å². The largest absolute Gasteiger partial charge is 0.586 e. The molecule has 4 nitrogen and oxygen atoms in total. The molecule has 15 heavy (non-hydrogen) atoms. The van der Waals surface area contributed by atoms with Gasteiger partial charge >= 0.3 is 6.29 Å². The maximum absolute atomic E-state index is 12.6. The molecule has 1 atom stereocenters. The highest BCUT2D eigenvalue weighted by atomic mass is 19.3. The first-order chi connectivity index (χ1) is 7.02. The molecular weight excluding hydrogens is 208 g/mol. The molecule has 3 N–H and O–H groups in total. The number of aliphatic hydroxyl groups is 1. The normalized spacial score (nSPS) is 18.9. The molecule has 0 aromatic heterocycles. The SMILES string of the molecule is N[C@@H](CO)c1ccc2c(c1)OC(F)(F)O2. The van der Waals surface area contributed by atoms with Crippen LogP contribution in [0.15, 0.2) is 18.2 Å². The van der Waals surface area contributed by atoms with E-state index in [9.17, 15) is 8.78 Å². The fourth-order valence-corrected chi connectivity index (χ4v) is 1.30. The Morgan fingerprint density at radius 3 is 2.67 bits per heavy atom. The minimum Gasteiger partial charge on any atom is -0.395 e. The summed E-state index contributed by atoms with van der Waals surface area (Å²) in [6.07, 6.45) is -3.62. The first-order valence-corrected chi connectivity index (χ1v) is 4.28. The lowest BCUT2D eigenvalue weighted by molar-refractivity contribution is -0.286. The Morgan fingerprint density at radius 2 is 2.00 bits per heavy atom. The van der Waals surface area contributed by atoms with Crippen molar-refractivity contribution in [1.29, 1.82) is 0 Å². The van der Waals surface area contributed by atoms with Gasteiger partial charge in [-0.2, -0.15) is 0 Å². The number of halogens is 2. The van der Waals surface area contributed by atoms with Crippen LogP contribution in [0, 0.1) is 0 Å². The molecule has 1 aromatic rings. The summed E-state index contributed by atoms with van der Waals surface area (Å²) >= 11 is 0. The second-order valence-electron chi connectivity index (χ2n) is 3.16. The van der Waals surface area contributed by atoms with Crippen molar-refractivity contribution in [1.82, 2.24) is 0 Å². The van der Waals surface area contributed by atoms with Crippen LogP contribution in [-0.2, 0) is 0 Å². The van der Waals surface area contributed by atoms with Gasteiger partial charge in [0.15, 0.2) is 11.5 Å². The summed E-state index contributed by atoms with van der Waals surface area (Å²) < 4.78 is 33.7. The van der Waals surface area contributed by atoms with Gasteiger partial charge in [-0.25, -0.2) is 0 Å². The standard InChI is InChI=1S/C9H9F2NO3/c10-9(11)14-7-2-1-5(6(12)4-13)3-8(7)15-9/h1-3,6,13H,4,12H2/t6-/m0/s1. The highest BCUT2D eigenvalue weighted by Crippen LogP contribution is 2.41. The van der Waals surface area contributed by atoms with Crippen molar-refractivity contribution in [3.63, 3.8) is 0 Å². The molecule has 0 radical (unpaired) electrons. The number of fused-ring (bicyclic) bond motifs is 1. The maximum Gasteiger partial charge on any atom is 0.586 e. The predicted octanol–water partition coefficient (Wildman–Crippen LogP) is 1.00. The van der Waals surface area contributed by atoms with Gasteiger partial charge < -0.3 is 20.3 Å². The summed E-state index contributed by atoms with van der Waals surface area (Å²) in [4.78, 5) is 0. The highest BCUT2D eigenvalue weighted by molar-refractivity contribution is 5.45. The Labute approximate surface area is 84.2 Å². The Bertz CT molecular complexity index is 384. The molecule has 0 fully saturated rings. The fourth-order valence-electron chi connectivity index (χ4n) is 1.30. The van der Waals surface area contributed by atoms with Crippen LogP contribution in [0.1, 0.15) is 11.6 Å². The number of alkyl halides is 2. The molecule has 0 saturated carbocycles. The van der Waals surface area contributed by atoms with E-state index in [1.54, 1.807) is 0 Å². The van der Waals surface area contributed by atoms with Crippen molar-refractivity contribution in [2.45, 2.75) is 12.3 Å². The molecule has 0 spiro atoms. The monoisotopic (exact) mass is 217 g/mol. The van der Waals surface area contributed by atoms with E-state index in [4.69, 9.17) is 10.8 Å². The van der Waals surface area contributed by atoms with Crippen molar-refractivity contribution < 1.29 is 23.4 Å². The van der Waals surface area contributed by atoms with Gasteiger partial charge in [0.05, 0.1) is 12.6 Å². The molecule has 0 unspecified atom stereocenters. The lowest BCUT2D eigenvalue weighted by atomic mass is 10.1. The van der Waals surface area contributed by atoms with Crippen molar-refractivity contribution in [2.75, 3.05) is 6.61 Å². The number of hydrogen-bond donors (Lipinski definition) is 2. The third kappa shape index (κ3) is 1.86. The highest BCUT2D eigenvalue weighted by Gasteiger charge is 2.43.